The van der Waals surface area contributed by atoms with E-state index in [0.717, 1.165) is 25.0 Å². The number of hydrogen-bond acceptors (Lipinski definition) is 2. The molecule has 1 rings (SSSR count). The fourth-order valence-electron chi connectivity index (χ4n) is 1.29. The molecule has 0 aliphatic heterocycles. The van der Waals surface area contributed by atoms with Crippen LogP contribution >= 0.6 is 12.2 Å². The average Bonchev–Trinajstić information content (AvgIpc) is 2.18. The molecule has 2 nitrogen and oxygen atoms in total. The van der Waals surface area contributed by atoms with Gasteiger partial charge in [-0.1, -0.05) is 24.4 Å². The molecule has 0 atom stereocenters. The smallest absolute Gasteiger partial charge is 0.119 e. The fourth-order valence-corrected chi connectivity index (χ4v) is 1.44. The molecule has 3 heteroatoms. The fraction of sp³-hybridized carbons (Fsp3) is 0.364. The van der Waals surface area contributed by atoms with E-state index >= 15 is 0 Å². The van der Waals surface area contributed by atoms with Crippen molar-refractivity contribution in [1.82, 2.24) is 0 Å². The van der Waals surface area contributed by atoms with Crippen LogP contribution in [0.2, 0.25) is 0 Å². The summed E-state index contributed by atoms with van der Waals surface area (Å²) in [7, 11) is 1.67. The lowest BCUT2D eigenvalue weighted by Gasteiger charge is -2.03. The number of benzene rings is 1. The lowest BCUT2D eigenvalue weighted by Crippen LogP contribution is -2.07. The number of rotatable bonds is 5. The van der Waals surface area contributed by atoms with E-state index in [1.807, 2.05) is 18.2 Å². The summed E-state index contributed by atoms with van der Waals surface area (Å²) in [6.45, 7) is 0. The van der Waals surface area contributed by atoms with Crippen LogP contribution in [0, 0.1) is 0 Å². The second-order valence-electron chi connectivity index (χ2n) is 3.17. The standard InChI is InChI=1S/C11H15NOS/c1-13-10-6-2-4-9(8-10)5-3-7-11(12)14/h2,4,6,8H,3,5,7H2,1H3,(H2,12,14). The Kier molecular flexibility index (Phi) is 4.40. The Hall–Kier alpha value is -1.09. The normalized spacial score (nSPS) is 9.79. The van der Waals surface area contributed by atoms with Crippen molar-refractivity contribution in [3.05, 3.63) is 29.8 Å². The van der Waals surface area contributed by atoms with Gasteiger partial charge in [0.1, 0.15) is 5.75 Å². The minimum absolute atomic E-state index is 0.591. The molecule has 0 unspecified atom stereocenters. The maximum Gasteiger partial charge on any atom is 0.119 e. The molecule has 0 saturated heterocycles. The Morgan fingerprint density at radius 1 is 1.50 bits per heavy atom. The summed E-state index contributed by atoms with van der Waals surface area (Å²) in [4.78, 5) is 0.591. The molecular weight excluding hydrogens is 194 g/mol. The summed E-state index contributed by atoms with van der Waals surface area (Å²) < 4.78 is 5.13. The first kappa shape index (κ1) is 11.0. The molecule has 0 radical (unpaired) electrons. The molecule has 1 aromatic carbocycles. The van der Waals surface area contributed by atoms with Gasteiger partial charge < -0.3 is 10.5 Å². The number of hydrogen-bond donors (Lipinski definition) is 1. The van der Waals surface area contributed by atoms with Gasteiger partial charge in [-0.25, -0.2) is 0 Å². The number of methoxy groups -OCH3 is 1. The highest BCUT2D eigenvalue weighted by atomic mass is 32.1. The zero-order valence-corrected chi connectivity index (χ0v) is 9.14. The van der Waals surface area contributed by atoms with Crippen molar-refractivity contribution < 1.29 is 4.74 Å². The third-order valence-corrected chi connectivity index (χ3v) is 2.23. The van der Waals surface area contributed by atoms with Gasteiger partial charge in [0.15, 0.2) is 0 Å². The Bertz CT molecular complexity index is 312. The number of aryl methyl sites for hydroxylation is 1. The van der Waals surface area contributed by atoms with Gasteiger partial charge in [-0.15, -0.1) is 0 Å². The molecule has 0 heterocycles. The van der Waals surface area contributed by atoms with Crippen LogP contribution in [-0.4, -0.2) is 12.1 Å². The summed E-state index contributed by atoms with van der Waals surface area (Å²) in [5.41, 5.74) is 6.68. The van der Waals surface area contributed by atoms with Crippen molar-refractivity contribution in [2.24, 2.45) is 5.73 Å². The minimum Gasteiger partial charge on any atom is -0.497 e. The predicted octanol–water partition coefficient (Wildman–Crippen LogP) is 2.30. The lowest BCUT2D eigenvalue weighted by atomic mass is 10.1. The highest BCUT2D eigenvalue weighted by Gasteiger charge is 1.96. The third kappa shape index (κ3) is 3.75. The van der Waals surface area contributed by atoms with Crippen LogP contribution in [-0.2, 0) is 6.42 Å². The lowest BCUT2D eigenvalue weighted by molar-refractivity contribution is 0.414. The van der Waals surface area contributed by atoms with Gasteiger partial charge >= 0.3 is 0 Å². The van der Waals surface area contributed by atoms with E-state index in [2.05, 4.69) is 6.07 Å². The highest BCUT2D eigenvalue weighted by molar-refractivity contribution is 7.80. The topological polar surface area (TPSA) is 35.2 Å². The molecule has 0 aliphatic carbocycles. The first-order chi connectivity index (χ1) is 6.72. The molecule has 76 valence electrons. The number of ether oxygens (including phenoxy) is 1. The summed E-state index contributed by atoms with van der Waals surface area (Å²) in [5.74, 6) is 0.901. The highest BCUT2D eigenvalue weighted by Crippen LogP contribution is 2.14. The largest absolute Gasteiger partial charge is 0.497 e. The molecular formula is C11H15NOS. The van der Waals surface area contributed by atoms with Gasteiger partial charge in [-0.2, -0.15) is 0 Å². The van der Waals surface area contributed by atoms with Gasteiger partial charge in [0.25, 0.3) is 0 Å². The van der Waals surface area contributed by atoms with Crippen molar-refractivity contribution in [2.45, 2.75) is 19.3 Å². The van der Waals surface area contributed by atoms with E-state index < -0.39 is 0 Å². The molecule has 2 N–H and O–H groups in total. The third-order valence-electron chi connectivity index (χ3n) is 2.02. The van der Waals surface area contributed by atoms with Crippen molar-refractivity contribution in [3.63, 3.8) is 0 Å². The molecule has 0 fully saturated rings. The summed E-state index contributed by atoms with van der Waals surface area (Å²) in [6.07, 6.45) is 2.81. The van der Waals surface area contributed by atoms with Crippen molar-refractivity contribution in [2.75, 3.05) is 7.11 Å². The van der Waals surface area contributed by atoms with Crippen LogP contribution in [0.15, 0.2) is 24.3 Å². The maximum atomic E-state index is 5.42. The molecule has 0 amide bonds. The van der Waals surface area contributed by atoms with Gasteiger partial charge in [0, 0.05) is 0 Å². The summed E-state index contributed by atoms with van der Waals surface area (Å²) in [6, 6.07) is 8.06. The summed E-state index contributed by atoms with van der Waals surface area (Å²) >= 11 is 4.81. The molecule has 0 spiro atoms. The Morgan fingerprint density at radius 2 is 2.29 bits per heavy atom. The van der Waals surface area contributed by atoms with Crippen molar-refractivity contribution in [3.8, 4) is 5.75 Å². The van der Waals surface area contributed by atoms with E-state index in [9.17, 15) is 0 Å². The number of nitrogens with two attached hydrogens (primary N) is 1. The number of thiocarbonyl (C=S) groups is 1. The molecule has 0 saturated carbocycles. The van der Waals surface area contributed by atoms with E-state index in [-0.39, 0.29) is 0 Å². The van der Waals surface area contributed by atoms with Crippen LogP contribution in [0.5, 0.6) is 5.75 Å². The molecule has 0 aliphatic rings. The maximum absolute atomic E-state index is 5.42. The molecule has 14 heavy (non-hydrogen) atoms. The van der Waals surface area contributed by atoms with Gasteiger partial charge in [-0.05, 0) is 37.0 Å². The first-order valence-electron chi connectivity index (χ1n) is 4.63. The molecule has 1 aromatic rings. The minimum atomic E-state index is 0.591. The zero-order chi connectivity index (χ0) is 10.4. The van der Waals surface area contributed by atoms with Crippen LogP contribution in [0.4, 0.5) is 0 Å². The van der Waals surface area contributed by atoms with Crippen LogP contribution in [0.25, 0.3) is 0 Å². The Labute approximate surface area is 90.1 Å². The monoisotopic (exact) mass is 209 g/mol. The Balaban J connectivity index is 2.46. The first-order valence-corrected chi connectivity index (χ1v) is 5.04. The van der Waals surface area contributed by atoms with Crippen LogP contribution < -0.4 is 10.5 Å². The van der Waals surface area contributed by atoms with Crippen LogP contribution in [0.1, 0.15) is 18.4 Å². The van der Waals surface area contributed by atoms with Gasteiger partial charge in [-0.3, -0.25) is 0 Å². The average molecular weight is 209 g/mol. The van der Waals surface area contributed by atoms with Crippen molar-refractivity contribution in [1.29, 1.82) is 0 Å². The Morgan fingerprint density at radius 3 is 2.93 bits per heavy atom. The second kappa shape index (κ2) is 5.60. The molecule has 0 aromatic heterocycles. The summed E-state index contributed by atoms with van der Waals surface area (Å²) in [5, 5.41) is 0. The van der Waals surface area contributed by atoms with Crippen LogP contribution in [0.3, 0.4) is 0 Å². The van der Waals surface area contributed by atoms with Crippen molar-refractivity contribution >= 4 is 17.2 Å². The van der Waals surface area contributed by atoms with E-state index in [1.54, 1.807) is 7.11 Å². The zero-order valence-electron chi connectivity index (χ0n) is 8.32. The van der Waals surface area contributed by atoms with Gasteiger partial charge in [0.05, 0.1) is 12.1 Å². The molecule has 0 bridgehead atoms. The van der Waals surface area contributed by atoms with E-state index in [4.69, 9.17) is 22.7 Å². The quantitative estimate of drug-likeness (QED) is 0.756. The second-order valence-corrected chi connectivity index (χ2v) is 3.70. The predicted molar refractivity (Wildman–Crippen MR) is 62.7 cm³/mol. The van der Waals surface area contributed by atoms with E-state index in [1.165, 1.54) is 5.56 Å². The van der Waals surface area contributed by atoms with E-state index in [0.29, 0.717) is 4.99 Å². The SMILES string of the molecule is COc1cccc(CCCC(N)=S)c1. The van der Waals surface area contributed by atoms with Gasteiger partial charge in [0.2, 0.25) is 0 Å².